The van der Waals surface area contributed by atoms with Crippen molar-refractivity contribution in [3.05, 3.63) is 60.4 Å². The topological polar surface area (TPSA) is 103 Å². The van der Waals surface area contributed by atoms with Gasteiger partial charge in [-0.1, -0.05) is 30.0 Å². The summed E-state index contributed by atoms with van der Waals surface area (Å²) >= 11 is 1.62. The van der Waals surface area contributed by atoms with Gasteiger partial charge in [-0.2, -0.15) is 0 Å². The number of carbonyl (C=O) groups is 2. The fourth-order valence-electron chi connectivity index (χ4n) is 4.57. The van der Waals surface area contributed by atoms with Crippen molar-refractivity contribution < 1.29 is 17.2 Å². The molecule has 0 bridgehead atoms. The Kier molecular flexibility index (Phi) is 7.49. The molecule has 1 aromatic carbocycles. The molecule has 1 fully saturated rings. The van der Waals surface area contributed by atoms with Gasteiger partial charge in [0.2, 0.25) is 5.91 Å². The third-order valence-corrected chi connectivity index (χ3v) is 7.79. The molecule has 0 atom stereocenters. The molecule has 0 spiro atoms. The molecule has 9 nitrogen and oxygen atoms in total. The zero-order chi connectivity index (χ0) is 27.7. The van der Waals surface area contributed by atoms with Crippen molar-refractivity contribution >= 4 is 45.1 Å². The van der Waals surface area contributed by atoms with Crippen LogP contribution >= 0.6 is 11.3 Å². The van der Waals surface area contributed by atoms with Crippen molar-refractivity contribution in [2.75, 3.05) is 43.4 Å². The van der Waals surface area contributed by atoms with Crippen LogP contribution in [-0.2, 0) is 9.53 Å². The van der Waals surface area contributed by atoms with Crippen LogP contribution in [0.2, 0.25) is 0 Å². The maximum atomic E-state index is 12.7. The predicted octanol–water partition coefficient (Wildman–Crippen LogP) is 5.60. The van der Waals surface area contributed by atoms with Crippen LogP contribution in [0.5, 0.6) is 0 Å². The van der Waals surface area contributed by atoms with E-state index < -0.39 is 5.97 Å². The molecule has 1 aliphatic rings. The Bertz CT molecular complexity index is 1560. The third-order valence-electron chi connectivity index (χ3n) is 6.71. The standard InChI is InChI=1S/C29H32N6O3S.2H2/c1-6-24(36)32-22-14-19(8-7-18(22)4)25-21-13-20(28(37)38-17(2)3)15-30-27(21)33-26(25)23-16-31-29(39-23)35-11-9-34(5)10-12-35;;/h6-8,13-17H,1,9-12H2,2-5H3,(H,30,33)(H,32,36);2*1H. The number of fused-ring (bicyclic) bond motifs is 1. The number of thiazole rings is 1. The van der Waals surface area contributed by atoms with Gasteiger partial charge in [-0.25, -0.2) is 14.8 Å². The highest BCUT2D eigenvalue weighted by atomic mass is 32.1. The second-order valence-electron chi connectivity index (χ2n) is 9.97. The lowest BCUT2D eigenvalue weighted by molar-refractivity contribution is -0.111. The minimum Gasteiger partial charge on any atom is -0.459 e. The number of aromatic nitrogens is 3. The van der Waals surface area contributed by atoms with E-state index >= 15 is 0 Å². The highest BCUT2D eigenvalue weighted by Crippen LogP contribution is 2.42. The number of esters is 1. The summed E-state index contributed by atoms with van der Waals surface area (Å²) in [6.07, 6.45) is 4.42. The maximum absolute atomic E-state index is 12.7. The Morgan fingerprint density at radius 2 is 1.95 bits per heavy atom. The number of piperazine rings is 1. The lowest BCUT2D eigenvalue weighted by atomic mass is 9.99. The number of likely N-dealkylation sites (N-methyl/N-ethyl adjacent to an activating group) is 1. The molecule has 1 saturated heterocycles. The number of aryl methyl sites for hydroxylation is 1. The van der Waals surface area contributed by atoms with Crippen molar-refractivity contribution in [2.45, 2.75) is 26.9 Å². The second kappa shape index (κ2) is 11.0. The Morgan fingerprint density at radius 1 is 1.18 bits per heavy atom. The smallest absolute Gasteiger partial charge is 0.339 e. The number of pyridine rings is 1. The lowest BCUT2D eigenvalue weighted by Crippen LogP contribution is -2.44. The Balaban J connectivity index is 0.00000231. The van der Waals surface area contributed by atoms with Crippen LogP contribution in [0.25, 0.3) is 32.7 Å². The van der Waals surface area contributed by atoms with Gasteiger partial charge in [0, 0.05) is 58.1 Å². The number of rotatable bonds is 7. The average molecular weight is 549 g/mol. The van der Waals surface area contributed by atoms with Crippen LogP contribution in [0.1, 0.15) is 32.6 Å². The molecule has 1 aliphatic heterocycles. The summed E-state index contributed by atoms with van der Waals surface area (Å²) in [6.45, 7) is 13.0. The van der Waals surface area contributed by atoms with Gasteiger partial charge in [-0.05, 0) is 57.2 Å². The molecule has 5 rings (SSSR count). The highest BCUT2D eigenvalue weighted by Gasteiger charge is 2.23. The van der Waals surface area contributed by atoms with Gasteiger partial charge in [-0.15, -0.1) is 0 Å². The van der Waals surface area contributed by atoms with Crippen LogP contribution in [0.3, 0.4) is 0 Å². The summed E-state index contributed by atoms with van der Waals surface area (Å²) in [4.78, 5) is 43.2. The molecule has 0 unspecified atom stereocenters. The van der Waals surface area contributed by atoms with Gasteiger partial charge in [-0.3, -0.25) is 4.79 Å². The number of nitrogens with zero attached hydrogens (tertiary/aromatic N) is 4. The van der Waals surface area contributed by atoms with E-state index in [-0.39, 0.29) is 14.9 Å². The number of anilines is 2. The number of aromatic amines is 1. The van der Waals surface area contributed by atoms with Crippen molar-refractivity contribution in [2.24, 2.45) is 0 Å². The normalized spacial score (nSPS) is 14.1. The van der Waals surface area contributed by atoms with Crippen LogP contribution in [-0.4, -0.2) is 71.1 Å². The zero-order valence-electron chi connectivity index (χ0n) is 22.6. The van der Waals surface area contributed by atoms with Crippen LogP contribution < -0.4 is 10.2 Å². The number of hydrogen-bond donors (Lipinski definition) is 2. The molecule has 4 aromatic rings. The minimum absolute atomic E-state index is 0. The highest BCUT2D eigenvalue weighted by molar-refractivity contribution is 7.19. The van der Waals surface area contributed by atoms with Crippen LogP contribution in [0.15, 0.2) is 49.3 Å². The van der Waals surface area contributed by atoms with E-state index in [0.29, 0.717) is 16.9 Å². The summed E-state index contributed by atoms with van der Waals surface area (Å²) in [5, 5.41) is 4.65. The van der Waals surface area contributed by atoms with Gasteiger partial charge < -0.3 is 24.8 Å². The molecule has 0 aliphatic carbocycles. The fourth-order valence-corrected chi connectivity index (χ4v) is 5.54. The minimum atomic E-state index is -0.425. The first-order valence-electron chi connectivity index (χ1n) is 12.9. The zero-order valence-corrected chi connectivity index (χ0v) is 23.4. The van der Waals surface area contributed by atoms with Gasteiger partial charge >= 0.3 is 5.97 Å². The molecular weight excluding hydrogens is 512 g/mol. The van der Waals surface area contributed by atoms with Gasteiger partial charge in [0.1, 0.15) is 5.65 Å². The van der Waals surface area contributed by atoms with Crippen LogP contribution in [0.4, 0.5) is 10.8 Å². The molecular formula is C29H36N6O3S. The first-order valence-corrected chi connectivity index (χ1v) is 13.7. The second-order valence-corrected chi connectivity index (χ2v) is 11.0. The maximum Gasteiger partial charge on any atom is 0.339 e. The van der Waals surface area contributed by atoms with E-state index in [1.54, 1.807) is 11.3 Å². The lowest BCUT2D eigenvalue weighted by Gasteiger charge is -2.32. The Morgan fingerprint density at radius 3 is 2.67 bits per heavy atom. The van der Waals surface area contributed by atoms with Crippen LogP contribution in [0, 0.1) is 6.92 Å². The summed E-state index contributed by atoms with van der Waals surface area (Å²) in [6, 6.07) is 7.72. The molecule has 3 aromatic heterocycles. The summed E-state index contributed by atoms with van der Waals surface area (Å²) in [5.74, 6) is -0.708. The van der Waals surface area contributed by atoms with E-state index in [4.69, 9.17) is 9.72 Å². The van der Waals surface area contributed by atoms with Crippen molar-refractivity contribution in [3.8, 4) is 21.7 Å². The van der Waals surface area contributed by atoms with Crippen molar-refractivity contribution in [1.82, 2.24) is 19.9 Å². The average Bonchev–Trinajstić information content (AvgIpc) is 3.55. The number of hydrogen-bond acceptors (Lipinski definition) is 8. The van der Waals surface area contributed by atoms with Crippen molar-refractivity contribution in [1.29, 1.82) is 0 Å². The third kappa shape index (κ3) is 5.57. The van der Waals surface area contributed by atoms with E-state index in [0.717, 1.165) is 64.0 Å². The molecule has 206 valence electrons. The summed E-state index contributed by atoms with van der Waals surface area (Å²) in [5.41, 5.74) is 5.22. The van der Waals surface area contributed by atoms with Gasteiger partial charge in [0.15, 0.2) is 5.13 Å². The number of nitrogens with one attached hydrogen (secondary N) is 2. The van der Waals surface area contributed by atoms with E-state index in [9.17, 15) is 9.59 Å². The largest absolute Gasteiger partial charge is 0.459 e. The molecule has 10 heteroatoms. The Labute approximate surface area is 234 Å². The number of amides is 1. The molecule has 2 N–H and O–H groups in total. The van der Waals surface area contributed by atoms with Crippen molar-refractivity contribution in [3.63, 3.8) is 0 Å². The van der Waals surface area contributed by atoms with E-state index in [1.807, 2.05) is 51.2 Å². The number of carbonyl (C=O) groups excluding carboxylic acids is 2. The molecule has 0 saturated carbocycles. The fraction of sp³-hybridized carbons (Fsp3) is 0.310. The van der Waals surface area contributed by atoms with E-state index in [1.165, 1.54) is 12.3 Å². The molecule has 1 amide bonds. The monoisotopic (exact) mass is 548 g/mol. The molecule has 0 radical (unpaired) electrons. The summed E-state index contributed by atoms with van der Waals surface area (Å²) in [7, 11) is 2.13. The first kappa shape index (κ1) is 26.6. The molecule has 4 heterocycles. The van der Waals surface area contributed by atoms with E-state index in [2.05, 4.69) is 38.7 Å². The first-order chi connectivity index (χ1) is 18.7. The summed E-state index contributed by atoms with van der Waals surface area (Å²) < 4.78 is 5.43. The molecule has 39 heavy (non-hydrogen) atoms. The number of benzene rings is 1. The van der Waals surface area contributed by atoms with Gasteiger partial charge in [0.05, 0.1) is 22.2 Å². The SMILES string of the molecule is C=CC(=O)Nc1cc(-c2c(-c3cnc(N4CCN(C)CC4)s3)[nH]c3ncc(C(=O)OC(C)C)cc23)ccc1C.[HH].[HH]. The number of ether oxygens (including phenoxy) is 1. The predicted molar refractivity (Wildman–Crippen MR) is 161 cm³/mol. The van der Waals surface area contributed by atoms with Gasteiger partial charge in [0.25, 0.3) is 0 Å². The quantitative estimate of drug-likeness (QED) is 0.229. The Hall–Kier alpha value is -4.02. The number of H-pyrrole nitrogens is 1.